The number of carbonyl (C=O) groups excluding carboxylic acids is 2. The van der Waals surface area contributed by atoms with Crippen LogP contribution in [0.1, 0.15) is 34.1 Å². The van der Waals surface area contributed by atoms with Crippen LogP contribution >= 0.6 is 0 Å². The Morgan fingerprint density at radius 1 is 1.32 bits per heavy atom. The molecule has 25 heavy (non-hydrogen) atoms. The number of nitrogens with two attached hydrogens (primary N) is 1. The third-order valence-electron chi connectivity index (χ3n) is 4.79. The molecular formula is C18H16N2O5. The molecule has 0 radical (unpaired) electrons. The van der Waals surface area contributed by atoms with Crippen LogP contribution in [0.2, 0.25) is 0 Å². The number of Topliss-reactive ketones (excluding diaryl/α,β-unsaturated/α-hetero) is 1. The number of carbonyl (C=O) groups is 2. The number of hydrogen-bond donors (Lipinski definition) is 2. The van der Waals surface area contributed by atoms with Gasteiger partial charge in [-0.15, -0.1) is 0 Å². The van der Waals surface area contributed by atoms with Gasteiger partial charge in [-0.05, 0) is 23.2 Å². The van der Waals surface area contributed by atoms with Gasteiger partial charge in [0.1, 0.15) is 12.2 Å². The number of aromatic nitrogens is 1. The number of hydrogen-bond acceptors (Lipinski definition) is 7. The maximum atomic E-state index is 12.9. The van der Waals surface area contributed by atoms with Gasteiger partial charge >= 0.3 is 0 Å². The smallest absolute Gasteiger partial charge is 0.265 e. The van der Waals surface area contributed by atoms with Gasteiger partial charge in [-0.1, -0.05) is 36.4 Å². The van der Waals surface area contributed by atoms with E-state index in [1.807, 2.05) is 30.3 Å². The molecule has 0 bridgehead atoms. The average molecular weight is 340 g/mol. The van der Waals surface area contributed by atoms with Crippen LogP contribution < -0.4 is 10.5 Å². The predicted molar refractivity (Wildman–Crippen MR) is 85.7 cm³/mol. The summed E-state index contributed by atoms with van der Waals surface area (Å²) in [6.45, 7) is 0.165. The summed E-state index contributed by atoms with van der Waals surface area (Å²) in [5, 5.41) is 14.6. The molecular weight excluding hydrogens is 324 g/mol. The largest absolute Gasteiger partial charge is 0.470 e. The second kappa shape index (κ2) is 5.65. The zero-order chi connectivity index (χ0) is 17.6. The van der Waals surface area contributed by atoms with Crippen molar-refractivity contribution < 1.29 is 24.0 Å². The third kappa shape index (κ3) is 2.24. The normalized spacial score (nSPS) is 27.8. The number of rotatable bonds is 3. The first-order valence-electron chi connectivity index (χ1n) is 7.93. The van der Waals surface area contributed by atoms with Crippen molar-refractivity contribution in [3.8, 4) is 5.88 Å². The molecule has 2 aliphatic carbocycles. The summed E-state index contributed by atoms with van der Waals surface area (Å²) in [4.78, 5) is 25.1. The van der Waals surface area contributed by atoms with E-state index in [9.17, 15) is 14.7 Å². The zero-order valence-corrected chi connectivity index (χ0v) is 13.2. The lowest BCUT2D eigenvalue weighted by Crippen LogP contribution is -2.59. The topological polar surface area (TPSA) is 116 Å². The SMILES string of the molecule is N[C@@H]1c2onc(OCc3ccccc3)c2C(=O)[C@@]2(O)C(=O)C=CCC12. The Kier molecular flexibility index (Phi) is 3.55. The van der Waals surface area contributed by atoms with E-state index in [-0.39, 0.29) is 23.8 Å². The highest BCUT2D eigenvalue weighted by atomic mass is 16.5. The summed E-state index contributed by atoms with van der Waals surface area (Å²) < 4.78 is 10.8. The summed E-state index contributed by atoms with van der Waals surface area (Å²) in [6, 6.07) is 8.49. The molecule has 1 aromatic heterocycles. The van der Waals surface area contributed by atoms with E-state index in [2.05, 4.69) is 5.16 Å². The molecule has 0 fully saturated rings. The maximum absolute atomic E-state index is 12.9. The van der Waals surface area contributed by atoms with Crippen LogP contribution in [-0.2, 0) is 11.4 Å². The Labute approximate surface area is 143 Å². The van der Waals surface area contributed by atoms with Crippen LogP contribution in [0.25, 0.3) is 0 Å². The summed E-state index contributed by atoms with van der Waals surface area (Å²) >= 11 is 0. The van der Waals surface area contributed by atoms with Crippen molar-refractivity contribution in [1.29, 1.82) is 0 Å². The number of ketones is 2. The second-order valence-corrected chi connectivity index (χ2v) is 6.23. The quantitative estimate of drug-likeness (QED) is 0.810. The number of ether oxygens (including phenoxy) is 1. The van der Waals surface area contributed by atoms with Crippen LogP contribution in [0, 0.1) is 5.92 Å². The first-order chi connectivity index (χ1) is 12.0. The molecule has 1 aromatic carbocycles. The molecule has 7 heteroatoms. The van der Waals surface area contributed by atoms with Gasteiger partial charge in [-0.3, -0.25) is 9.59 Å². The summed E-state index contributed by atoms with van der Waals surface area (Å²) in [6.07, 6.45) is 3.11. The molecule has 0 amide bonds. The van der Waals surface area contributed by atoms with Gasteiger partial charge in [0.15, 0.2) is 17.1 Å². The van der Waals surface area contributed by atoms with E-state index in [1.54, 1.807) is 6.08 Å². The first kappa shape index (κ1) is 15.7. The second-order valence-electron chi connectivity index (χ2n) is 6.23. The van der Waals surface area contributed by atoms with Gasteiger partial charge in [0, 0.05) is 5.92 Å². The number of fused-ring (bicyclic) bond motifs is 2. The van der Waals surface area contributed by atoms with E-state index in [0.29, 0.717) is 6.42 Å². The highest BCUT2D eigenvalue weighted by Gasteiger charge is 2.59. The molecule has 0 saturated heterocycles. The predicted octanol–water partition coefficient (Wildman–Crippen LogP) is 1.33. The van der Waals surface area contributed by atoms with Crippen molar-refractivity contribution in [2.24, 2.45) is 11.7 Å². The van der Waals surface area contributed by atoms with Gasteiger partial charge < -0.3 is 20.1 Å². The van der Waals surface area contributed by atoms with Crippen molar-refractivity contribution in [3.63, 3.8) is 0 Å². The van der Waals surface area contributed by atoms with Crippen LogP contribution in [0.15, 0.2) is 47.0 Å². The number of aliphatic hydroxyl groups is 1. The average Bonchev–Trinajstić information content (AvgIpc) is 3.05. The van der Waals surface area contributed by atoms with E-state index in [0.717, 1.165) is 5.56 Å². The zero-order valence-electron chi connectivity index (χ0n) is 13.2. The van der Waals surface area contributed by atoms with Crippen molar-refractivity contribution in [2.45, 2.75) is 24.7 Å². The standard InChI is InChI=1S/C18H16N2O5/c19-14-11-7-4-8-12(21)18(11,23)16(22)13-15(14)25-20-17(13)24-9-10-5-2-1-3-6-10/h1-6,8,11,14,23H,7,9,19H2/t11?,14-,18-/m0/s1. The van der Waals surface area contributed by atoms with Crippen molar-refractivity contribution in [2.75, 3.05) is 0 Å². The molecule has 2 aliphatic rings. The lowest BCUT2D eigenvalue weighted by atomic mass is 9.66. The number of allylic oxidation sites excluding steroid dienone is 1. The number of benzene rings is 1. The van der Waals surface area contributed by atoms with Gasteiger partial charge in [0.2, 0.25) is 5.78 Å². The van der Waals surface area contributed by atoms with Crippen molar-refractivity contribution in [3.05, 3.63) is 59.4 Å². The molecule has 4 rings (SSSR count). The van der Waals surface area contributed by atoms with Crippen molar-refractivity contribution >= 4 is 11.6 Å². The van der Waals surface area contributed by atoms with Crippen molar-refractivity contribution in [1.82, 2.24) is 5.16 Å². The Morgan fingerprint density at radius 3 is 2.84 bits per heavy atom. The summed E-state index contributed by atoms with van der Waals surface area (Å²) in [7, 11) is 0. The molecule has 0 spiro atoms. The van der Waals surface area contributed by atoms with Gasteiger partial charge in [0.05, 0.1) is 6.04 Å². The minimum absolute atomic E-state index is 0.0502. The first-order valence-corrected chi connectivity index (χ1v) is 7.93. The molecule has 7 nitrogen and oxygen atoms in total. The van der Waals surface area contributed by atoms with E-state index >= 15 is 0 Å². The number of nitrogens with zero attached hydrogens (tertiary/aromatic N) is 1. The summed E-state index contributed by atoms with van der Waals surface area (Å²) in [5.41, 5.74) is 4.77. The fraction of sp³-hybridized carbons (Fsp3) is 0.278. The third-order valence-corrected chi connectivity index (χ3v) is 4.79. The van der Waals surface area contributed by atoms with Gasteiger partial charge in [-0.2, -0.15) is 0 Å². The molecule has 3 atom stereocenters. The monoisotopic (exact) mass is 340 g/mol. The lowest BCUT2D eigenvalue weighted by Gasteiger charge is -2.40. The maximum Gasteiger partial charge on any atom is 0.265 e. The van der Waals surface area contributed by atoms with Gasteiger partial charge in [-0.25, -0.2) is 0 Å². The van der Waals surface area contributed by atoms with E-state index < -0.39 is 29.1 Å². The Morgan fingerprint density at radius 2 is 2.08 bits per heavy atom. The van der Waals surface area contributed by atoms with Gasteiger partial charge in [0.25, 0.3) is 5.88 Å². The molecule has 3 N–H and O–H groups in total. The highest BCUT2D eigenvalue weighted by Crippen LogP contribution is 2.46. The lowest BCUT2D eigenvalue weighted by molar-refractivity contribution is -0.134. The van der Waals surface area contributed by atoms with E-state index in [4.69, 9.17) is 15.0 Å². The van der Waals surface area contributed by atoms with Crippen LogP contribution in [0.4, 0.5) is 0 Å². The fourth-order valence-corrected chi connectivity index (χ4v) is 3.41. The van der Waals surface area contributed by atoms with Crippen LogP contribution in [0.3, 0.4) is 0 Å². The highest BCUT2D eigenvalue weighted by molar-refractivity contribution is 6.23. The summed E-state index contributed by atoms with van der Waals surface area (Å²) in [5.74, 6) is -2.14. The Bertz CT molecular complexity index is 873. The molecule has 2 aromatic rings. The van der Waals surface area contributed by atoms with E-state index in [1.165, 1.54) is 6.08 Å². The molecule has 0 aliphatic heterocycles. The molecule has 0 saturated carbocycles. The molecule has 128 valence electrons. The minimum Gasteiger partial charge on any atom is -0.470 e. The van der Waals surface area contributed by atoms with Crippen LogP contribution in [0.5, 0.6) is 5.88 Å². The van der Waals surface area contributed by atoms with Crippen LogP contribution in [-0.4, -0.2) is 27.4 Å². The molecule has 1 unspecified atom stereocenters. The Balaban J connectivity index is 1.70. The Hall–Kier alpha value is -2.77. The molecule has 1 heterocycles. The minimum atomic E-state index is -2.20. The fourth-order valence-electron chi connectivity index (χ4n) is 3.41.